The number of sulfonamides is 1. The van der Waals surface area contributed by atoms with E-state index >= 15 is 0 Å². The Labute approximate surface area is 169 Å². The molecule has 3 N–H and O–H groups in total. The zero-order chi connectivity index (χ0) is 21.0. The molecule has 0 saturated carbocycles. The SMILES string of the molecule is COc1ccc(S(N)(=O)=O)cc1C(=O)N1CCC(C(=O)Nc2ccccc2)CC1. The molecule has 2 amide bonds. The minimum Gasteiger partial charge on any atom is -0.496 e. The van der Waals surface area contributed by atoms with Gasteiger partial charge in [0.1, 0.15) is 5.75 Å². The Morgan fingerprint density at radius 1 is 1.10 bits per heavy atom. The number of hydrogen-bond donors (Lipinski definition) is 2. The summed E-state index contributed by atoms with van der Waals surface area (Å²) in [6.45, 7) is 0.767. The second-order valence-electron chi connectivity index (χ2n) is 6.83. The molecule has 0 atom stereocenters. The van der Waals surface area contributed by atoms with Crippen LogP contribution in [0.25, 0.3) is 0 Å². The number of para-hydroxylation sites is 1. The summed E-state index contributed by atoms with van der Waals surface area (Å²) in [6.07, 6.45) is 1.03. The van der Waals surface area contributed by atoms with Gasteiger partial charge >= 0.3 is 0 Å². The fourth-order valence-electron chi connectivity index (χ4n) is 3.31. The van der Waals surface area contributed by atoms with Crippen molar-refractivity contribution in [3.63, 3.8) is 0 Å². The van der Waals surface area contributed by atoms with E-state index in [1.54, 1.807) is 4.90 Å². The Hall–Kier alpha value is -2.91. The predicted molar refractivity (Wildman–Crippen MR) is 108 cm³/mol. The first-order chi connectivity index (χ1) is 13.8. The molecule has 1 saturated heterocycles. The summed E-state index contributed by atoms with van der Waals surface area (Å²) in [5, 5.41) is 8.06. The van der Waals surface area contributed by atoms with Crippen LogP contribution in [0.1, 0.15) is 23.2 Å². The molecule has 8 nitrogen and oxygen atoms in total. The van der Waals surface area contributed by atoms with Crippen LogP contribution in [0.15, 0.2) is 53.4 Å². The highest BCUT2D eigenvalue weighted by atomic mass is 32.2. The molecule has 0 spiro atoms. The number of ether oxygens (including phenoxy) is 1. The molecular weight excluding hydrogens is 394 g/mol. The number of carbonyl (C=O) groups excluding carboxylic acids is 2. The van der Waals surface area contributed by atoms with E-state index in [0.29, 0.717) is 25.9 Å². The third kappa shape index (κ3) is 4.93. The predicted octanol–water partition coefficient (Wildman–Crippen LogP) is 1.83. The number of methoxy groups -OCH3 is 1. The molecule has 1 fully saturated rings. The smallest absolute Gasteiger partial charge is 0.257 e. The van der Waals surface area contributed by atoms with Crippen molar-refractivity contribution in [2.24, 2.45) is 11.1 Å². The standard InChI is InChI=1S/C20H23N3O5S/c1-28-18-8-7-16(29(21,26)27)13-17(18)20(25)23-11-9-14(10-12-23)19(24)22-15-5-3-2-4-6-15/h2-8,13-14H,9-12H2,1H3,(H,22,24)(H2,21,26,27). The topological polar surface area (TPSA) is 119 Å². The molecule has 0 aromatic heterocycles. The summed E-state index contributed by atoms with van der Waals surface area (Å²) in [7, 11) is -2.54. The highest BCUT2D eigenvalue weighted by molar-refractivity contribution is 7.89. The van der Waals surface area contributed by atoms with Gasteiger partial charge in [-0.3, -0.25) is 9.59 Å². The van der Waals surface area contributed by atoms with Crippen LogP contribution in [0.4, 0.5) is 5.69 Å². The van der Waals surface area contributed by atoms with E-state index in [4.69, 9.17) is 9.88 Å². The maximum Gasteiger partial charge on any atom is 0.257 e. The second-order valence-corrected chi connectivity index (χ2v) is 8.39. The van der Waals surface area contributed by atoms with Gasteiger partial charge in [-0.15, -0.1) is 0 Å². The van der Waals surface area contributed by atoms with Crippen molar-refractivity contribution >= 4 is 27.5 Å². The molecule has 1 aliphatic rings. The van der Waals surface area contributed by atoms with Gasteiger partial charge in [0, 0.05) is 24.7 Å². The zero-order valence-electron chi connectivity index (χ0n) is 16.0. The summed E-state index contributed by atoms with van der Waals surface area (Å²) >= 11 is 0. The number of rotatable bonds is 5. The van der Waals surface area contributed by atoms with Gasteiger partial charge < -0.3 is 15.0 Å². The fraction of sp³-hybridized carbons (Fsp3) is 0.300. The van der Waals surface area contributed by atoms with Gasteiger partial charge in [0.15, 0.2) is 0 Å². The van der Waals surface area contributed by atoms with Gasteiger partial charge in [-0.05, 0) is 43.2 Å². The molecule has 2 aromatic carbocycles. The fourth-order valence-corrected chi connectivity index (χ4v) is 3.85. The number of nitrogens with one attached hydrogen (secondary N) is 1. The normalized spacial score (nSPS) is 15.0. The minimum atomic E-state index is -3.94. The van der Waals surface area contributed by atoms with Gasteiger partial charge in [-0.2, -0.15) is 0 Å². The number of nitrogens with two attached hydrogens (primary N) is 1. The maximum absolute atomic E-state index is 12.9. The van der Waals surface area contributed by atoms with Gasteiger partial charge in [-0.1, -0.05) is 18.2 Å². The molecule has 0 unspecified atom stereocenters. The van der Waals surface area contributed by atoms with E-state index in [1.165, 1.54) is 25.3 Å². The van der Waals surface area contributed by atoms with E-state index in [2.05, 4.69) is 5.32 Å². The molecule has 0 bridgehead atoms. The number of anilines is 1. The van der Waals surface area contributed by atoms with Crippen molar-refractivity contribution in [1.82, 2.24) is 4.90 Å². The first-order valence-corrected chi connectivity index (χ1v) is 10.7. The number of carbonyl (C=O) groups is 2. The summed E-state index contributed by atoms with van der Waals surface area (Å²) in [6, 6.07) is 13.1. The van der Waals surface area contributed by atoms with Crippen LogP contribution >= 0.6 is 0 Å². The molecule has 0 aliphatic carbocycles. The Kier molecular flexibility index (Phi) is 6.19. The van der Waals surface area contributed by atoms with E-state index in [-0.39, 0.29) is 33.9 Å². The monoisotopic (exact) mass is 417 g/mol. The number of hydrogen-bond acceptors (Lipinski definition) is 5. The van der Waals surface area contributed by atoms with Crippen molar-refractivity contribution in [2.75, 3.05) is 25.5 Å². The Morgan fingerprint density at radius 3 is 2.34 bits per heavy atom. The lowest BCUT2D eigenvalue weighted by molar-refractivity contribution is -0.121. The average molecular weight is 417 g/mol. The second kappa shape index (κ2) is 8.62. The van der Waals surface area contributed by atoms with Crippen molar-refractivity contribution in [3.8, 4) is 5.75 Å². The largest absolute Gasteiger partial charge is 0.496 e. The first-order valence-electron chi connectivity index (χ1n) is 9.15. The van der Waals surface area contributed by atoms with Gasteiger partial charge in [0.2, 0.25) is 15.9 Å². The van der Waals surface area contributed by atoms with E-state index < -0.39 is 10.0 Å². The van der Waals surface area contributed by atoms with Crippen molar-refractivity contribution < 1.29 is 22.7 Å². The van der Waals surface area contributed by atoms with Crippen molar-refractivity contribution in [2.45, 2.75) is 17.7 Å². The van der Waals surface area contributed by atoms with Crippen molar-refractivity contribution in [1.29, 1.82) is 0 Å². The lowest BCUT2D eigenvalue weighted by atomic mass is 9.95. The number of benzene rings is 2. The van der Waals surface area contributed by atoms with Crippen LogP contribution < -0.4 is 15.2 Å². The van der Waals surface area contributed by atoms with Crippen LogP contribution in [0.3, 0.4) is 0 Å². The van der Waals surface area contributed by atoms with E-state index in [1.807, 2.05) is 30.3 Å². The highest BCUT2D eigenvalue weighted by Crippen LogP contribution is 2.26. The molecule has 3 rings (SSSR count). The lowest BCUT2D eigenvalue weighted by Gasteiger charge is -2.31. The number of piperidine rings is 1. The molecule has 9 heteroatoms. The third-order valence-electron chi connectivity index (χ3n) is 4.92. The Balaban J connectivity index is 1.68. The van der Waals surface area contributed by atoms with E-state index in [0.717, 1.165) is 5.69 Å². The van der Waals surface area contributed by atoms with Crippen LogP contribution in [0, 0.1) is 5.92 Å². The van der Waals surface area contributed by atoms with Crippen LogP contribution in [0.5, 0.6) is 5.75 Å². The third-order valence-corrected chi connectivity index (χ3v) is 5.84. The Morgan fingerprint density at radius 2 is 1.76 bits per heavy atom. The lowest BCUT2D eigenvalue weighted by Crippen LogP contribution is -2.41. The molecule has 0 radical (unpaired) electrons. The Bertz CT molecular complexity index is 1000. The van der Waals surface area contributed by atoms with Crippen LogP contribution in [-0.4, -0.2) is 45.3 Å². The quantitative estimate of drug-likeness (QED) is 0.769. The first kappa shape index (κ1) is 20.8. The van der Waals surface area contributed by atoms with E-state index in [9.17, 15) is 18.0 Å². The van der Waals surface area contributed by atoms with Crippen LogP contribution in [0.2, 0.25) is 0 Å². The highest BCUT2D eigenvalue weighted by Gasteiger charge is 2.29. The zero-order valence-corrected chi connectivity index (χ0v) is 16.8. The molecular formula is C20H23N3O5S. The number of amides is 2. The molecule has 29 heavy (non-hydrogen) atoms. The molecule has 1 aliphatic heterocycles. The molecule has 1 heterocycles. The van der Waals surface area contributed by atoms with Crippen molar-refractivity contribution in [3.05, 3.63) is 54.1 Å². The molecule has 2 aromatic rings. The number of likely N-dealkylation sites (tertiary alicyclic amines) is 1. The van der Waals surface area contributed by atoms with Crippen LogP contribution in [-0.2, 0) is 14.8 Å². The van der Waals surface area contributed by atoms with Gasteiger partial charge in [0.25, 0.3) is 5.91 Å². The number of nitrogens with zero attached hydrogens (tertiary/aromatic N) is 1. The summed E-state index contributed by atoms with van der Waals surface area (Å²) in [5.41, 5.74) is 0.867. The summed E-state index contributed by atoms with van der Waals surface area (Å²) < 4.78 is 28.4. The maximum atomic E-state index is 12.9. The average Bonchev–Trinajstić information content (AvgIpc) is 2.73. The number of primary sulfonamides is 1. The minimum absolute atomic E-state index is 0.0721. The summed E-state index contributed by atoms with van der Waals surface area (Å²) in [5.74, 6) is -0.352. The summed E-state index contributed by atoms with van der Waals surface area (Å²) in [4.78, 5) is 26.8. The van der Waals surface area contributed by atoms with Gasteiger partial charge in [-0.25, -0.2) is 13.6 Å². The van der Waals surface area contributed by atoms with Gasteiger partial charge in [0.05, 0.1) is 17.6 Å². The molecule has 154 valence electrons.